The molecule has 23 heavy (non-hydrogen) atoms. The molecule has 2 aliphatic rings. The molecular formula is C19H27NO3. The van der Waals surface area contributed by atoms with Crippen molar-refractivity contribution in [2.75, 3.05) is 20.2 Å². The number of carbonyl (C=O) groups excluding carboxylic acids is 1. The summed E-state index contributed by atoms with van der Waals surface area (Å²) >= 11 is 0. The van der Waals surface area contributed by atoms with Crippen LogP contribution in [0.5, 0.6) is 5.75 Å². The van der Waals surface area contributed by atoms with Crippen LogP contribution in [0.3, 0.4) is 0 Å². The Hall–Kier alpha value is -1.55. The summed E-state index contributed by atoms with van der Waals surface area (Å²) in [5.41, 5.74) is 0.439. The van der Waals surface area contributed by atoms with Crippen LogP contribution < -0.4 is 4.74 Å². The second-order valence-electron chi connectivity index (χ2n) is 7.04. The third-order valence-electron chi connectivity index (χ3n) is 5.80. The van der Waals surface area contributed by atoms with E-state index in [1.165, 1.54) is 0 Å². The Morgan fingerprint density at radius 3 is 2.74 bits per heavy atom. The number of methoxy groups -OCH3 is 1. The van der Waals surface area contributed by atoms with Gasteiger partial charge in [0.25, 0.3) is 0 Å². The molecule has 2 fully saturated rings. The number of amides is 1. The fourth-order valence-electron chi connectivity index (χ4n) is 4.30. The predicted molar refractivity (Wildman–Crippen MR) is 89.3 cm³/mol. The van der Waals surface area contributed by atoms with Gasteiger partial charge in [-0.1, -0.05) is 25.5 Å². The van der Waals surface area contributed by atoms with Gasteiger partial charge in [-0.3, -0.25) is 4.79 Å². The van der Waals surface area contributed by atoms with Crippen molar-refractivity contribution in [2.45, 2.75) is 44.6 Å². The smallest absolute Gasteiger partial charge is 0.227 e. The molecule has 3 rings (SSSR count). The van der Waals surface area contributed by atoms with Crippen molar-refractivity contribution in [3.8, 4) is 5.75 Å². The minimum absolute atomic E-state index is 0.169. The largest absolute Gasteiger partial charge is 0.497 e. The van der Waals surface area contributed by atoms with Crippen LogP contribution in [0.4, 0.5) is 0 Å². The van der Waals surface area contributed by atoms with E-state index >= 15 is 0 Å². The van der Waals surface area contributed by atoms with E-state index in [1.807, 2.05) is 29.2 Å². The standard InChI is InChI=1S/C19H27NO3/c1-3-19(22)10-4-5-15-12-20(13-17(15)19)18(21)11-14-6-8-16(23-2)9-7-14/h6-9,15,17,22H,3-5,10-13H2,1-2H3/t15-,17+,19-/m1/s1. The third kappa shape index (κ3) is 3.23. The normalized spacial score (nSPS) is 30.1. The molecule has 1 aliphatic heterocycles. The third-order valence-corrected chi connectivity index (χ3v) is 5.80. The number of nitrogens with zero attached hydrogens (tertiary/aromatic N) is 1. The highest BCUT2D eigenvalue weighted by molar-refractivity contribution is 5.79. The lowest BCUT2D eigenvalue weighted by Gasteiger charge is -2.40. The Labute approximate surface area is 138 Å². The molecule has 0 spiro atoms. The van der Waals surface area contributed by atoms with Gasteiger partial charge in [-0.25, -0.2) is 0 Å². The molecule has 1 heterocycles. The van der Waals surface area contributed by atoms with E-state index in [9.17, 15) is 9.90 Å². The van der Waals surface area contributed by atoms with Gasteiger partial charge in [0, 0.05) is 19.0 Å². The molecule has 1 saturated heterocycles. The second-order valence-corrected chi connectivity index (χ2v) is 7.04. The van der Waals surface area contributed by atoms with E-state index in [2.05, 4.69) is 6.92 Å². The monoisotopic (exact) mass is 317 g/mol. The lowest BCUT2D eigenvalue weighted by atomic mass is 9.69. The second kappa shape index (κ2) is 6.52. The maximum absolute atomic E-state index is 12.6. The first-order valence-corrected chi connectivity index (χ1v) is 8.69. The maximum Gasteiger partial charge on any atom is 0.227 e. The average molecular weight is 317 g/mol. The number of ether oxygens (including phenoxy) is 1. The van der Waals surface area contributed by atoms with Gasteiger partial charge >= 0.3 is 0 Å². The van der Waals surface area contributed by atoms with Crippen LogP contribution in [0.1, 0.15) is 38.2 Å². The number of fused-ring (bicyclic) bond motifs is 1. The summed E-state index contributed by atoms with van der Waals surface area (Å²) in [6.07, 6.45) is 4.30. The molecule has 4 nitrogen and oxygen atoms in total. The molecule has 0 unspecified atom stereocenters. The number of rotatable bonds is 4. The number of hydrogen-bond acceptors (Lipinski definition) is 3. The van der Waals surface area contributed by atoms with E-state index in [0.717, 1.165) is 43.5 Å². The van der Waals surface area contributed by atoms with Crippen molar-refractivity contribution in [3.63, 3.8) is 0 Å². The molecule has 4 heteroatoms. The first-order chi connectivity index (χ1) is 11.1. The van der Waals surface area contributed by atoms with Gasteiger partial charge in [0.2, 0.25) is 5.91 Å². The number of carbonyl (C=O) groups is 1. The predicted octanol–water partition coefficient (Wildman–Crippen LogP) is 2.64. The molecule has 126 valence electrons. The summed E-state index contributed by atoms with van der Waals surface area (Å²) in [7, 11) is 1.64. The van der Waals surface area contributed by atoms with E-state index in [1.54, 1.807) is 7.11 Å². The summed E-state index contributed by atoms with van der Waals surface area (Å²) in [6.45, 7) is 3.58. The van der Waals surface area contributed by atoms with Crippen molar-refractivity contribution in [2.24, 2.45) is 11.8 Å². The zero-order valence-corrected chi connectivity index (χ0v) is 14.1. The SMILES string of the molecule is CC[C@@]1(O)CCC[C@@H]2CN(C(=O)Cc3ccc(OC)cc3)C[C@@H]21. The first-order valence-electron chi connectivity index (χ1n) is 8.69. The Morgan fingerprint density at radius 1 is 1.35 bits per heavy atom. The fraction of sp³-hybridized carbons (Fsp3) is 0.632. The fourth-order valence-corrected chi connectivity index (χ4v) is 4.30. The quantitative estimate of drug-likeness (QED) is 0.929. The van der Waals surface area contributed by atoms with Crippen molar-refractivity contribution in [1.82, 2.24) is 4.90 Å². The Morgan fingerprint density at radius 2 is 2.09 bits per heavy atom. The van der Waals surface area contributed by atoms with Gasteiger partial charge in [0.1, 0.15) is 5.75 Å². The van der Waals surface area contributed by atoms with Gasteiger partial charge in [0.05, 0.1) is 19.1 Å². The van der Waals surface area contributed by atoms with Crippen LogP contribution >= 0.6 is 0 Å². The molecule has 1 aromatic rings. The summed E-state index contributed by atoms with van der Waals surface area (Å²) in [6, 6.07) is 7.68. The summed E-state index contributed by atoms with van der Waals surface area (Å²) < 4.78 is 5.15. The molecule has 1 N–H and O–H groups in total. The van der Waals surface area contributed by atoms with Crippen LogP contribution in [0.25, 0.3) is 0 Å². The van der Waals surface area contributed by atoms with Crippen LogP contribution in [-0.2, 0) is 11.2 Å². The molecule has 0 radical (unpaired) electrons. The zero-order valence-electron chi connectivity index (χ0n) is 14.1. The van der Waals surface area contributed by atoms with Crippen LogP contribution in [0.15, 0.2) is 24.3 Å². The van der Waals surface area contributed by atoms with E-state index in [4.69, 9.17) is 4.74 Å². The lowest BCUT2D eigenvalue weighted by Crippen LogP contribution is -2.44. The lowest BCUT2D eigenvalue weighted by molar-refractivity contribution is -0.130. The molecule has 1 aromatic carbocycles. The maximum atomic E-state index is 12.6. The topological polar surface area (TPSA) is 49.8 Å². The zero-order chi connectivity index (χ0) is 16.4. The Bertz CT molecular complexity index is 556. The van der Waals surface area contributed by atoms with E-state index in [0.29, 0.717) is 18.9 Å². The van der Waals surface area contributed by atoms with Crippen LogP contribution in [0.2, 0.25) is 0 Å². The Balaban J connectivity index is 1.64. The molecule has 1 amide bonds. The summed E-state index contributed by atoms with van der Waals surface area (Å²) in [5, 5.41) is 10.8. The molecule has 1 aliphatic carbocycles. The highest BCUT2D eigenvalue weighted by atomic mass is 16.5. The van der Waals surface area contributed by atoms with Crippen molar-refractivity contribution in [3.05, 3.63) is 29.8 Å². The first kappa shape index (κ1) is 16.3. The number of aliphatic hydroxyl groups is 1. The van der Waals surface area contributed by atoms with E-state index in [-0.39, 0.29) is 11.8 Å². The van der Waals surface area contributed by atoms with Crippen molar-refractivity contribution in [1.29, 1.82) is 0 Å². The van der Waals surface area contributed by atoms with Gasteiger partial charge in [0.15, 0.2) is 0 Å². The number of hydrogen-bond donors (Lipinski definition) is 1. The average Bonchev–Trinajstić information content (AvgIpc) is 3.02. The summed E-state index contributed by atoms with van der Waals surface area (Å²) in [4.78, 5) is 14.6. The van der Waals surface area contributed by atoms with Crippen molar-refractivity contribution < 1.29 is 14.6 Å². The molecule has 0 aromatic heterocycles. The van der Waals surface area contributed by atoms with Gasteiger partial charge in [-0.2, -0.15) is 0 Å². The summed E-state index contributed by atoms with van der Waals surface area (Å²) in [5.74, 6) is 1.69. The molecule has 0 bridgehead atoms. The van der Waals surface area contributed by atoms with E-state index < -0.39 is 5.60 Å². The van der Waals surface area contributed by atoms with Gasteiger partial charge in [-0.15, -0.1) is 0 Å². The minimum Gasteiger partial charge on any atom is -0.497 e. The molecular weight excluding hydrogens is 290 g/mol. The molecule has 3 atom stereocenters. The van der Waals surface area contributed by atoms with Crippen LogP contribution in [0, 0.1) is 11.8 Å². The van der Waals surface area contributed by atoms with Crippen molar-refractivity contribution >= 4 is 5.91 Å². The van der Waals surface area contributed by atoms with Crippen LogP contribution in [-0.4, -0.2) is 41.7 Å². The highest BCUT2D eigenvalue weighted by Gasteiger charge is 2.48. The van der Waals surface area contributed by atoms with Gasteiger partial charge in [-0.05, 0) is 42.9 Å². The Kier molecular flexibility index (Phi) is 4.62. The highest BCUT2D eigenvalue weighted by Crippen LogP contribution is 2.44. The van der Waals surface area contributed by atoms with Gasteiger partial charge < -0.3 is 14.7 Å². The number of benzene rings is 1. The molecule has 1 saturated carbocycles. The number of likely N-dealkylation sites (tertiary alicyclic amines) is 1. The minimum atomic E-state index is -0.571.